The van der Waals surface area contributed by atoms with E-state index in [-0.39, 0.29) is 24.6 Å². The Morgan fingerprint density at radius 3 is 2.48 bits per heavy atom. The molecular formula is C23H26F2N4O4. The van der Waals surface area contributed by atoms with E-state index in [1.54, 1.807) is 32.9 Å². The van der Waals surface area contributed by atoms with E-state index in [4.69, 9.17) is 9.84 Å². The molecule has 3 N–H and O–H groups in total. The van der Waals surface area contributed by atoms with Crippen molar-refractivity contribution in [1.82, 2.24) is 20.2 Å². The maximum Gasteiger partial charge on any atom is 0.405 e. The Kier molecular flexibility index (Phi) is 6.85. The molecule has 0 saturated carbocycles. The van der Waals surface area contributed by atoms with Crippen molar-refractivity contribution in [3.8, 4) is 5.88 Å². The lowest BCUT2D eigenvalue weighted by Crippen LogP contribution is -2.52. The van der Waals surface area contributed by atoms with Gasteiger partial charge in [0.15, 0.2) is 0 Å². The molecule has 0 radical (unpaired) electrons. The van der Waals surface area contributed by atoms with Crippen LogP contribution in [0.3, 0.4) is 0 Å². The number of pyridine rings is 1. The molecule has 1 unspecified atom stereocenters. The Labute approximate surface area is 189 Å². The molecule has 0 bridgehead atoms. The number of rotatable bonds is 8. The van der Waals surface area contributed by atoms with Gasteiger partial charge in [0.25, 0.3) is 5.91 Å². The largest absolute Gasteiger partial charge is 0.473 e. The summed E-state index contributed by atoms with van der Waals surface area (Å²) >= 11 is 0. The molecule has 0 saturated heterocycles. The number of nitrogens with zero attached hydrogens (tertiary/aromatic N) is 2. The molecule has 1 aromatic carbocycles. The molecule has 10 heteroatoms. The summed E-state index contributed by atoms with van der Waals surface area (Å²) in [5, 5.41) is 18.6. The Balaban J connectivity index is 1.89. The molecule has 8 nitrogen and oxygen atoms in total. The Morgan fingerprint density at radius 2 is 1.88 bits per heavy atom. The van der Waals surface area contributed by atoms with Crippen molar-refractivity contribution in [2.75, 3.05) is 6.54 Å². The minimum Gasteiger partial charge on any atom is -0.473 e. The second-order valence-electron chi connectivity index (χ2n) is 8.14. The van der Waals surface area contributed by atoms with Gasteiger partial charge >= 0.3 is 6.09 Å². The first-order valence-electron chi connectivity index (χ1n) is 10.4. The second-order valence-corrected chi connectivity index (χ2v) is 8.14. The summed E-state index contributed by atoms with van der Waals surface area (Å²) in [5.41, 5.74) is 0.884. The first-order chi connectivity index (χ1) is 15.5. The predicted octanol–water partition coefficient (Wildman–Crippen LogP) is 3.97. The number of amides is 2. The number of aromatic nitrogens is 2. The molecule has 2 heterocycles. The number of halogens is 2. The third-order valence-corrected chi connectivity index (χ3v) is 5.50. The van der Waals surface area contributed by atoms with E-state index in [1.165, 1.54) is 10.6 Å². The maximum atomic E-state index is 14.0. The summed E-state index contributed by atoms with van der Waals surface area (Å²) in [6, 6.07) is 6.98. The maximum absolute atomic E-state index is 14.0. The monoisotopic (exact) mass is 460 g/mol. The van der Waals surface area contributed by atoms with Crippen molar-refractivity contribution in [2.45, 2.75) is 46.3 Å². The minimum absolute atomic E-state index is 0.0765. The highest BCUT2D eigenvalue weighted by Crippen LogP contribution is 2.25. The Morgan fingerprint density at radius 1 is 1.21 bits per heavy atom. The van der Waals surface area contributed by atoms with Crippen LogP contribution in [0.25, 0.3) is 5.52 Å². The van der Waals surface area contributed by atoms with Gasteiger partial charge < -0.3 is 20.5 Å². The molecular weight excluding hydrogens is 434 g/mol. The van der Waals surface area contributed by atoms with Gasteiger partial charge in [0.05, 0.1) is 27.9 Å². The fourth-order valence-corrected chi connectivity index (χ4v) is 3.44. The van der Waals surface area contributed by atoms with Crippen molar-refractivity contribution >= 4 is 17.5 Å². The number of hydrogen-bond acceptors (Lipinski definition) is 4. The van der Waals surface area contributed by atoms with Crippen molar-refractivity contribution in [1.29, 1.82) is 0 Å². The second kappa shape index (κ2) is 9.43. The van der Waals surface area contributed by atoms with E-state index in [0.717, 1.165) is 17.7 Å². The van der Waals surface area contributed by atoms with Crippen LogP contribution in [0.2, 0.25) is 0 Å². The average molecular weight is 460 g/mol. The van der Waals surface area contributed by atoms with Crippen LogP contribution in [-0.2, 0) is 6.61 Å². The molecule has 33 heavy (non-hydrogen) atoms. The van der Waals surface area contributed by atoms with Crippen molar-refractivity contribution < 1.29 is 28.2 Å². The Bertz CT molecular complexity index is 1190. The van der Waals surface area contributed by atoms with Crippen LogP contribution in [-0.4, -0.2) is 38.8 Å². The SMILES string of the molecule is CCC(C)(CNC(=O)c1c(C)nn2c(OCc3c(F)cccc3F)cc(C)cc12)NC(=O)O. The van der Waals surface area contributed by atoms with Crippen LogP contribution in [0.5, 0.6) is 5.88 Å². The van der Waals surface area contributed by atoms with E-state index in [9.17, 15) is 18.4 Å². The average Bonchev–Trinajstić information content (AvgIpc) is 3.07. The summed E-state index contributed by atoms with van der Waals surface area (Å²) < 4.78 is 35.0. The van der Waals surface area contributed by atoms with Gasteiger partial charge in [-0.1, -0.05) is 13.0 Å². The van der Waals surface area contributed by atoms with Crippen LogP contribution in [0.1, 0.15) is 47.4 Å². The van der Waals surface area contributed by atoms with E-state index in [1.807, 2.05) is 6.92 Å². The van der Waals surface area contributed by atoms with Gasteiger partial charge in [0, 0.05) is 12.6 Å². The first-order valence-corrected chi connectivity index (χ1v) is 10.4. The lowest BCUT2D eigenvalue weighted by Gasteiger charge is -2.28. The van der Waals surface area contributed by atoms with E-state index in [2.05, 4.69) is 15.7 Å². The topological polar surface area (TPSA) is 105 Å². The molecule has 0 aliphatic rings. The number of nitrogens with one attached hydrogen (secondary N) is 2. The molecule has 0 fully saturated rings. The number of ether oxygens (including phenoxy) is 1. The highest BCUT2D eigenvalue weighted by molar-refractivity contribution is 6.02. The highest BCUT2D eigenvalue weighted by Gasteiger charge is 2.27. The van der Waals surface area contributed by atoms with Crippen LogP contribution in [0.4, 0.5) is 13.6 Å². The molecule has 2 aromatic heterocycles. The molecule has 176 valence electrons. The standard InChI is InChI=1S/C23H26F2N4O4/c1-5-23(4,27-22(31)32)12-26-21(30)20-14(3)28-29-18(20)9-13(2)10-19(29)33-11-15-16(24)7-6-8-17(15)25/h6-10,27H,5,11-12H2,1-4H3,(H,26,30)(H,31,32). The minimum atomic E-state index is -1.18. The van der Waals surface area contributed by atoms with Crippen LogP contribution in [0.15, 0.2) is 30.3 Å². The smallest absolute Gasteiger partial charge is 0.405 e. The zero-order valence-corrected chi connectivity index (χ0v) is 18.8. The fraction of sp³-hybridized carbons (Fsp3) is 0.348. The van der Waals surface area contributed by atoms with Crippen molar-refractivity contribution in [3.63, 3.8) is 0 Å². The van der Waals surface area contributed by atoms with Crippen LogP contribution < -0.4 is 15.4 Å². The highest BCUT2D eigenvalue weighted by atomic mass is 19.1. The van der Waals surface area contributed by atoms with Gasteiger partial charge in [-0.15, -0.1) is 0 Å². The first kappa shape index (κ1) is 24.0. The number of fused-ring (bicyclic) bond motifs is 1. The lowest BCUT2D eigenvalue weighted by atomic mass is 9.99. The van der Waals surface area contributed by atoms with E-state index >= 15 is 0 Å². The van der Waals surface area contributed by atoms with Gasteiger partial charge in [0.1, 0.15) is 18.2 Å². The van der Waals surface area contributed by atoms with Gasteiger partial charge in [-0.25, -0.2) is 13.6 Å². The number of carbonyl (C=O) groups is 2. The zero-order chi connectivity index (χ0) is 24.3. The Hall–Kier alpha value is -3.69. The van der Waals surface area contributed by atoms with Crippen molar-refractivity contribution in [2.24, 2.45) is 0 Å². The number of aryl methyl sites for hydroxylation is 2. The van der Waals surface area contributed by atoms with E-state index in [0.29, 0.717) is 23.2 Å². The van der Waals surface area contributed by atoms with E-state index < -0.39 is 29.2 Å². The molecule has 0 spiro atoms. The number of hydrogen-bond donors (Lipinski definition) is 3. The fourth-order valence-electron chi connectivity index (χ4n) is 3.44. The summed E-state index contributed by atoms with van der Waals surface area (Å²) in [4.78, 5) is 24.1. The summed E-state index contributed by atoms with van der Waals surface area (Å²) in [5.74, 6) is -1.64. The van der Waals surface area contributed by atoms with Crippen molar-refractivity contribution in [3.05, 3.63) is 64.4 Å². The molecule has 0 aliphatic heterocycles. The molecule has 2 amide bonds. The number of carbonyl (C=O) groups excluding carboxylic acids is 1. The molecule has 3 aromatic rings. The summed E-state index contributed by atoms with van der Waals surface area (Å²) in [6.45, 7) is 6.69. The molecule has 1 atom stereocenters. The zero-order valence-electron chi connectivity index (χ0n) is 18.8. The van der Waals surface area contributed by atoms with Gasteiger partial charge in [-0.2, -0.15) is 9.61 Å². The molecule has 0 aliphatic carbocycles. The van der Waals surface area contributed by atoms with Gasteiger partial charge in [0.2, 0.25) is 5.88 Å². The quantitative estimate of drug-likeness (QED) is 0.472. The third-order valence-electron chi connectivity index (χ3n) is 5.50. The summed E-state index contributed by atoms with van der Waals surface area (Å²) in [6.07, 6.45) is -0.707. The summed E-state index contributed by atoms with van der Waals surface area (Å²) in [7, 11) is 0. The van der Waals surface area contributed by atoms with Crippen LogP contribution >= 0.6 is 0 Å². The molecule has 3 rings (SSSR count). The third kappa shape index (κ3) is 5.21. The normalized spacial score (nSPS) is 12.9. The van der Waals surface area contributed by atoms with Crippen LogP contribution in [0, 0.1) is 25.5 Å². The van der Waals surface area contributed by atoms with Gasteiger partial charge in [-0.3, -0.25) is 4.79 Å². The van der Waals surface area contributed by atoms with Gasteiger partial charge in [-0.05, 0) is 51.0 Å². The predicted molar refractivity (Wildman–Crippen MR) is 118 cm³/mol. The lowest BCUT2D eigenvalue weighted by molar-refractivity contribution is 0.0938. The number of benzene rings is 1. The number of carboxylic acid groups (broad SMARTS) is 1.